The van der Waals surface area contributed by atoms with Gasteiger partial charge in [-0.25, -0.2) is 4.98 Å². The normalized spacial score (nSPS) is 10.8. The highest BCUT2D eigenvalue weighted by Gasteiger charge is 2.05. The molecule has 0 saturated heterocycles. The van der Waals surface area contributed by atoms with Crippen molar-refractivity contribution in [3.63, 3.8) is 0 Å². The smallest absolute Gasteiger partial charge is 0.183 e. The Bertz CT molecular complexity index is 434. The van der Waals surface area contributed by atoms with E-state index in [0.717, 1.165) is 14.7 Å². The van der Waals surface area contributed by atoms with Gasteiger partial charge < -0.3 is 5.73 Å². The number of nitrogens with one attached hydrogen (secondary N) is 1. The molecule has 2 aromatic rings. The molecule has 0 radical (unpaired) electrons. The topological polar surface area (TPSA) is 67.6 Å². The van der Waals surface area contributed by atoms with Crippen molar-refractivity contribution < 1.29 is 0 Å². The van der Waals surface area contributed by atoms with Crippen molar-refractivity contribution in [1.82, 2.24) is 15.2 Å². The van der Waals surface area contributed by atoms with Crippen LogP contribution in [0.2, 0.25) is 0 Å². The number of aromatic amines is 1. The van der Waals surface area contributed by atoms with Crippen LogP contribution in [-0.4, -0.2) is 15.2 Å². The minimum absolute atomic E-state index is 0.579. The molecular formula is C7H7IN4. The molecule has 0 amide bonds. The monoisotopic (exact) mass is 274 g/mol. The zero-order valence-corrected chi connectivity index (χ0v) is 8.58. The molecule has 0 fully saturated rings. The summed E-state index contributed by atoms with van der Waals surface area (Å²) in [5.74, 6) is 0.579. The number of nitrogen functional groups attached to an aromatic ring is 1. The molecule has 0 aliphatic carbocycles. The van der Waals surface area contributed by atoms with Crippen LogP contribution in [0, 0.1) is 10.5 Å². The highest BCUT2D eigenvalue weighted by atomic mass is 127. The fraction of sp³-hybridized carbons (Fsp3) is 0.143. The van der Waals surface area contributed by atoms with Gasteiger partial charge in [0.05, 0.1) is 11.1 Å². The summed E-state index contributed by atoms with van der Waals surface area (Å²) in [7, 11) is 0. The Morgan fingerprint density at radius 3 is 3.08 bits per heavy atom. The summed E-state index contributed by atoms with van der Waals surface area (Å²) in [5, 5.41) is 7.54. The van der Waals surface area contributed by atoms with E-state index in [9.17, 15) is 0 Å². The second-order valence-corrected chi connectivity index (χ2v) is 3.73. The van der Waals surface area contributed by atoms with Gasteiger partial charge >= 0.3 is 0 Å². The minimum Gasteiger partial charge on any atom is -0.384 e. The van der Waals surface area contributed by atoms with Crippen LogP contribution < -0.4 is 5.73 Å². The average molecular weight is 274 g/mol. The fourth-order valence-corrected chi connectivity index (χ4v) is 1.46. The minimum atomic E-state index is 0.579. The fourth-order valence-electron chi connectivity index (χ4n) is 1.03. The molecule has 12 heavy (non-hydrogen) atoms. The van der Waals surface area contributed by atoms with Crippen molar-refractivity contribution in [3.8, 4) is 0 Å². The largest absolute Gasteiger partial charge is 0.384 e. The average Bonchev–Trinajstić information content (AvgIpc) is 2.35. The Balaban J connectivity index is 2.87. The number of nitrogens with two attached hydrogens (primary N) is 1. The van der Waals surface area contributed by atoms with Crippen molar-refractivity contribution in [2.45, 2.75) is 6.92 Å². The first-order chi connectivity index (χ1) is 5.68. The van der Waals surface area contributed by atoms with Crippen molar-refractivity contribution >= 4 is 39.4 Å². The molecule has 0 aromatic carbocycles. The third-order valence-electron chi connectivity index (χ3n) is 1.70. The van der Waals surface area contributed by atoms with Crippen LogP contribution in [-0.2, 0) is 0 Å². The molecule has 0 unspecified atom stereocenters. The maximum atomic E-state index is 5.63. The van der Waals surface area contributed by atoms with Gasteiger partial charge in [-0.1, -0.05) is 0 Å². The number of H-pyrrole nitrogens is 1. The van der Waals surface area contributed by atoms with E-state index in [2.05, 4.69) is 37.8 Å². The van der Waals surface area contributed by atoms with Crippen LogP contribution in [0.25, 0.3) is 11.0 Å². The van der Waals surface area contributed by atoms with E-state index in [1.165, 1.54) is 0 Å². The van der Waals surface area contributed by atoms with E-state index >= 15 is 0 Å². The number of aryl methyl sites for hydroxylation is 1. The SMILES string of the molecule is Cc1nc2n[nH]c(N)c2cc1I. The standard InChI is InChI=1S/C7H7IN4/c1-3-5(8)2-4-6(9)11-12-7(4)10-3/h2H,1H3,(H3,9,10,11,12). The van der Waals surface area contributed by atoms with Gasteiger partial charge in [0.25, 0.3) is 0 Å². The number of aromatic nitrogens is 3. The highest BCUT2D eigenvalue weighted by Crippen LogP contribution is 2.20. The number of nitrogens with zero attached hydrogens (tertiary/aromatic N) is 2. The summed E-state index contributed by atoms with van der Waals surface area (Å²) in [4.78, 5) is 4.27. The van der Waals surface area contributed by atoms with Gasteiger partial charge in [-0.15, -0.1) is 0 Å². The maximum Gasteiger partial charge on any atom is 0.183 e. The molecule has 0 saturated carbocycles. The molecule has 0 aliphatic rings. The molecule has 0 bridgehead atoms. The molecule has 2 heterocycles. The first kappa shape index (κ1) is 7.78. The summed E-state index contributed by atoms with van der Waals surface area (Å²) in [6, 6.07) is 1.98. The van der Waals surface area contributed by atoms with Crippen LogP contribution in [0.4, 0.5) is 5.82 Å². The molecule has 3 N–H and O–H groups in total. The summed E-state index contributed by atoms with van der Waals surface area (Å²) in [5.41, 5.74) is 7.30. The summed E-state index contributed by atoms with van der Waals surface area (Å²) in [6.07, 6.45) is 0. The van der Waals surface area contributed by atoms with Gasteiger partial charge in [-0.3, -0.25) is 5.10 Å². The lowest BCUT2D eigenvalue weighted by Crippen LogP contribution is -1.88. The van der Waals surface area contributed by atoms with E-state index in [4.69, 9.17) is 5.73 Å². The van der Waals surface area contributed by atoms with Crippen LogP contribution >= 0.6 is 22.6 Å². The molecule has 2 aromatic heterocycles. The second kappa shape index (κ2) is 2.58. The first-order valence-electron chi connectivity index (χ1n) is 3.45. The third-order valence-corrected chi connectivity index (χ3v) is 2.80. The summed E-state index contributed by atoms with van der Waals surface area (Å²) < 4.78 is 1.10. The van der Waals surface area contributed by atoms with Crippen molar-refractivity contribution in [1.29, 1.82) is 0 Å². The van der Waals surface area contributed by atoms with Crippen LogP contribution in [0.3, 0.4) is 0 Å². The Kier molecular flexibility index (Phi) is 1.67. The molecule has 0 atom stereocenters. The number of pyridine rings is 1. The van der Waals surface area contributed by atoms with Gasteiger partial charge in [0.15, 0.2) is 5.65 Å². The van der Waals surface area contributed by atoms with E-state index in [1.807, 2.05) is 13.0 Å². The van der Waals surface area contributed by atoms with Crippen LogP contribution in [0.5, 0.6) is 0 Å². The molecule has 62 valence electrons. The lowest BCUT2D eigenvalue weighted by molar-refractivity contribution is 1.09. The van der Waals surface area contributed by atoms with Crippen molar-refractivity contribution in [2.24, 2.45) is 0 Å². The Morgan fingerprint density at radius 2 is 2.33 bits per heavy atom. The van der Waals surface area contributed by atoms with Crippen molar-refractivity contribution in [2.75, 3.05) is 5.73 Å². The van der Waals surface area contributed by atoms with Gasteiger partial charge in [0.1, 0.15) is 5.82 Å². The molecule has 0 aliphatic heterocycles. The lowest BCUT2D eigenvalue weighted by atomic mass is 10.3. The molecular weight excluding hydrogens is 267 g/mol. The quantitative estimate of drug-likeness (QED) is 0.714. The van der Waals surface area contributed by atoms with Gasteiger partial charge in [0, 0.05) is 3.57 Å². The van der Waals surface area contributed by atoms with Crippen LogP contribution in [0.1, 0.15) is 5.69 Å². The predicted molar refractivity (Wildman–Crippen MR) is 55.8 cm³/mol. The van der Waals surface area contributed by atoms with Gasteiger partial charge in [0.2, 0.25) is 0 Å². The zero-order valence-electron chi connectivity index (χ0n) is 6.43. The second-order valence-electron chi connectivity index (χ2n) is 2.56. The number of hydrogen-bond donors (Lipinski definition) is 2. The van der Waals surface area contributed by atoms with Gasteiger partial charge in [-0.2, -0.15) is 5.10 Å². The molecule has 0 spiro atoms. The zero-order chi connectivity index (χ0) is 8.72. The Morgan fingerprint density at radius 1 is 1.58 bits per heavy atom. The van der Waals surface area contributed by atoms with Crippen LogP contribution in [0.15, 0.2) is 6.07 Å². The van der Waals surface area contributed by atoms with Gasteiger partial charge in [-0.05, 0) is 35.6 Å². The summed E-state index contributed by atoms with van der Waals surface area (Å²) in [6.45, 7) is 1.95. The number of rotatable bonds is 0. The first-order valence-corrected chi connectivity index (χ1v) is 4.53. The number of halogens is 1. The molecule has 4 nitrogen and oxygen atoms in total. The summed E-state index contributed by atoms with van der Waals surface area (Å²) >= 11 is 2.23. The van der Waals surface area contributed by atoms with Crippen molar-refractivity contribution in [3.05, 3.63) is 15.3 Å². The van der Waals surface area contributed by atoms with E-state index < -0.39 is 0 Å². The number of anilines is 1. The Hall–Kier alpha value is -0.850. The number of hydrogen-bond acceptors (Lipinski definition) is 3. The number of fused-ring (bicyclic) bond motifs is 1. The van der Waals surface area contributed by atoms with E-state index in [0.29, 0.717) is 11.5 Å². The van der Waals surface area contributed by atoms with E-state index in [-0.39, 0.29) is 0 Å². The molecule has 2 rings (SSSR count). The Labute approximate surface area is 82.7 Å². The highest BCUT2D eigenvalue weighted by molar-refractivity contribution is 14.1. The predicted octanol–water partition coefficient (Wildman–Crippen LogP) is 1.45. The maximum absolute atomic E-state index is 5.63. The molecule has 5 heteroatoms. The third kappa shape index (κ3) is 1.04. The van der Waals surface area contributed by atoms with E-state index in [1.54, 1.807) is 0 Å². The lowest BCUT2D eigenvalue weighted by Gasteiger charge is -1.95.